The number of aldehydes is 1. The lowest BCUT2D eigenvalue weighted by Gasteiger charge is -2.33. The van der Waals surface area contributed by atoms with Crippen molar-refractivity contribution < 1.29 is 57.2 Å². The first kappa shape index (κ1) is 51.5. The van der Waals surface area contributed by atoms with Crippen LogP contribution in [-0.4, -0.2) is 147 Å². The van der Waals surface area contributed by atoms with Gasteiger partial charge in [-0.25, -0.2) is 4.79 Å². The lowest BCUT2D eigenvalue weighted by Crippen LogP contribution is -2.51. The fourth-order valence-electron chi connectivity index (χ4n) is 8.94. The standard InChI is InChI=1S/C47H65ClN4O12S/c1-28-10-9-11-36(60-7)34-23-33(62-46(59)49-34)24-40-47(3,64-40)39(25-42(56)52(6)35-21-31(20-28)22-37(61-8)44(35)48)63-43(57)27-50(4)41(55)17-19-65-38(16-18-53)45(58)51(5)26-30-12-14-32(15-13-30)29(2)54/h9-11,18,21-22,30,32-34,36,38-40H,12-17,19-20,23-27H2,1-8H3,(H,49,59)/b11-9+,28-10+/t30?,32?,33?,34?,36-,38?,39+,40?,47+/m1/s1. The molecule has 3 fully saturated rings. The number of Topliss-reactive ketones (excluding diaryl/α,β-unsaturated/α-hetero) is 1. The molecule has 4 amide bonds. The van der Waals surface area contributed by atoms with Crippen molar-refractivity contribution in [3.63, 3.8) is 0 Å². The second-order valence-corrected chi connectivity index (χ2v) is 19.6. The molecular weight excluding hydrogens is 880 g/mol. The summed E-state index contributed by atoms with van der Waals surface area (Å²) in [5.74, 6) is -0.622. The normalized spacial score (nSPS) is 28.8. The van der Waals surface area contributed by atoms with E-state index < -0.39 is 65.8 Å². The molecule has 4 bridgehead atoms. The summed E-state index contributed by atoms with van der Waals surface area (Å²) in [7, 11) is 7.81. The molecule has 16 nitrogen and oxygen atoms in total. The van der Waals surface area contributed by atoms with Gasteiger partial charge in [0.25, 0.3) is 0 Å². The highest BCUT2D eigenvalue weighted by Gasteiger charge is 2.61. The third-order valence-corrected chi connectivity index (χ3v) is 14.6. The minimum absolute atomic E-state index is 0.00767. The summed E-state index contributed by atoms with van der Waals surface area (Å²) in [5.41, 5.74) is 1.05. The highest BCUT2D eigenvalue weighted by Crippen LogP contribution is 2.46. The van der Waals surface area contributed by atoms with Gasteiger partial charge in [0.2, 0.25) is 17.7 Å². The monoisotopic (exact) mass is 944 g/mol. The molecule has 2 saturated heterocycles. The van der Waals surface area contributed by atoms with E-state index in [-0.39, 0.29) is 65.9 Å². The minimum atomic E-state index is -1.16. The van der Waals surface area contributed by atoms with Crippen molar-refractivity contribution in [1.82, 2.24) is 15.1 Å². The van der Waals surface area contributed by atoms with Crippen LogP contribution in [0.3, 0.4) is 0 Å². The number of methoxy groups -OCH3 is 2. The summed E-state index contributed by atoms with van der Waals surface area (Å²) in [6.07, 6.45) is 7.23. The highest BCUT2D eigenvalue weighted by atomic mass is 35.5. The lowest BCUT2D eigenvalue weighted by atomic mass is 9.80. The number of anilines is 1. The van der Waals surface area contributed by atoms with E-state index in [0.29, 0.717) is 37.1 Å². The summed E-state index contributed by atoms with van der Waals surface area (Å²) in [5, 5.41) is 2.41. The van der Waals surface area contributed by atoms with E-state index in [2.05, 4.69) is 5.32 Å². The fraction of sp³-hybridized carbons (Fsp3) is 0.638. The SMILES string of the molecule is COc1cc2cc(c1Cl)N(C)C(=O)C[C@H](OC(=O)CN(C)C(=O)CCSC(CC=O)C(=O)N(C)CC1CCC(C(C)=O)CC1)[C@]1(C)OC1CC1CC(NC(=O)O1)[C@H](OC)/C=C/C=C(\C)C2. The van der Waals surface area contributed by atoms with Crippen LogP contribution in [0.5, 0.6) is 5.75 Å². The fourth-order valence-corrected chi connectivity index (χ4v) is 10.4. The van der Waals surface area contributed by atoms with Gasteiger partial charge in [-0.05, 0) is 76.5 Å². The first-order valence-corrected chi connectivity index (χ1v) is 23.7. The number of nitrogens with one attached hydrogen (secondary N) is 1. The van der Waals surface area contributed by atoms with E-state index in [1.54, 1.807) is 40.0 Å². The van der Waals surface area contributed by atoms with E-state index >= 15 is 0 Å². The van der Waals surface area contributed by atoms with E-state index in [1.165, 1.54) is 35.7 Å². The number of halogens is 1. The van der Waals surface area contributed by atoms with Crippen molar-refractivity contribution in [2.24, 2.45) is 11.8 Å². The van der Waals surface area contributed by atoms with Crippen LogP contribution < -0.4 is 15.0 Å². The Morgan fingerprint density at radius 1 is 1.09 bits per heavy atom. The number of epoxide rings is 1. The predicted octanol–water partition coefficient (Wildman–Crippen LogP) is 5.49. The van der Waals surface area contributed by atoms with Gasteiger partial charge in [-0.3, -0.25) is 24.0 Å². The molecule has 4 unspecified atom stereocenters. The van der Waals surface area contributed by atoms with Gasteiger partial charge in [0.1, 0.15) is 47.2 Å². The van der Waals surface area contributed by atoms with Crippen LogP contribution in [-0.2, 0) is 54.1 Å². The van der Waals surface area contributed by atoms with E-state index in [0.717, 1.165) is 36.8 Å². The number of rotatable bonds is 15. The topological polar surface area (TPSA) is 191 Å². The molecular formula is C47H65ClN4O12S. The Kier molecular flexibility index (Phi) is 18.5. The Labute approximate surface area is 391 Å². The zero-order valence-electron chi connectivity index (χ0n) is 38.8. The average molecular weight is 946 g/mol. The van der Waals surface area contributed by atoms with Gasteiger partial charge in [0.05, 0.1) is 42.7 Å². The van der Waals surface area contributed by atoms with Crippen molar-refractivity contribution in [2.75, 3.05) is 59.1 Å². The second kappa shape index (κ2) is 23.3. The van der Waals surface area contributed by atoms with E-state index in [1.807, 2.05) is 37.3 Å². The average Bonchev–Trinajstić information content (AvgIpc) is 3.92. The van der Waals surface area contributed by atoms with Gasteiger partial charge in [-0.2, -0.15) is 0 Å². The number of hydrogen-bond acceptors (Lipinski definition) is 13. The van der Waals surface area contributed by atoms with Gasteiger partial charge in [0.15, 0.2) is 0 Å². The maximum atomic E-state index is 14.2. The zero-order valence-corrected chi connectivity index (χ0v) is 40.4. The number of hydrogen-bond donors (Lipinski definition) is 1. The van der Waals surface area contributed by atoms with Gasteiger partial charge in [-0.1, -0.05) is 35.4 Å². The third kappa shape index (κ3) is 13.8. The summed E-state index contributed by atoms with van der Waals surface area (Å²) in [4.78, 5) is 94.9. The first-order chi connectivity index (χ1) is 30.9. The zero-order chi connectivity index (χ0) is 47.6. The van der Waals surface area contributed by atoms with E-state index in [4.69, 9.17) is 35.3 Å². The predicted molar refractivity (Wildman–Crippen MR) is 246 cm³/mol. The van der Waals surface area contributed by atoms with Crippen LogP contribution in [0.2, 0.25) is 5.02 Å². The van der Waals surface area contributed by atoms with Crippen LogP contribution >= 0.6 is 23.4 Å². The Bertz CT molecular complexity index is 1990. The maximum Gasteiger partial charge on any atom is 0.407 e. The molecule has 1 aliphatic carbocycles. The number of benzene rings is 1. The van der Waals surface area contributed by atoms with Crippen molar-refractivity contribution >= 4 is 70.9 Å². The first-order valence-electron chi connectivity index (χ1n) is 22.3. The largest absolute Gasteiger partial charge is 0.495 e. The number of alkyl carbamates (subject to hydrolysis) is 1. The summed E-state index contributed by atoms with van der Waals surface area (Å²) in [6.45, 7) is 5.42. The Morgan fingerprint density at radius 2 is 1.82 bits per heavy atom. The number of likely N-dealkylation sites (N-methyl/N-ethyl adjacent to an activating group) is 1. The van der Waals surface area contributed by atoms with Gasteiger partial charge < -0.3 is 48.5 Å². The summed E-state index contributed by atoms with van der Waals surface area (Å²) < 4.78 is 29.3. The molecule has 4 aliphatic rings. The molecule has 0 aromatic heterocycles. The van der Waals surface area contributed by atoms with Gasteiger partial charge in [0, 0.05) is 72.2 Å². The van der Waals surface area contributed by atoms with Crippen LogP contribution in [0.15, 0.2) is 35.9 Å². The van der Waals surface area contributed by atoms with Gasteiger partial charge >= 0.3 is 12.1 Å². The number of nitrogens with zero attached hydrogens (tertiary/aromatic N) is 3. The molecule has 7 atom stereocenters. The second-order valence-electron chi connectivity index (χ2n) is 17.9. The molecule has 3 aliphatic heterocycles. The van der Waals surface area contributed by atoms with Crippen molar-refractivity contribution in [3.05, 3.63) is 46.5 Å². The summed E-state index contributed by atoms with van der Waals surface area (Å²) in [6, 6.07) is 3.21. The van der Waals surface area contributed by atoms with Crippen molar-refractivity contribution in [2.45, 2.75) is 126 Å². The number of esters is 1. The van der Waals surface area contributed by atoms with Crippen molar-refractivity contribution in [1.29, 1.82) is 0 Å². The Hall–Kier alpha value is -4.45. The summed E-state index contributed by atoms with van der Waals surface area (Å²) >= 11 is 8.00. The molecule has 1 aromatic rings. The molecule has 3 heterocycles. The maximum absolute atomic E-state index is 14.2. The smallest absolute Gasteiger partial charge is 0.407 e. The molecule has 0 spiro atoms. The number of ketones is 1. The van der Waals surface area contributed by atoms with Gasteiger partial charge in [-0.15, -0.1) is 11.8 Å². The number of thioether (sulfide) groups is 1. The molecule has 358 valence electrons. The molecule has 1 N–H and O–H groups in total. The van der Waals surface area contributed by atoms with E-state index in [9.17, 15) is 33.6 Å². The Morgan fingerprint density at radius 3 is 2.48 bits per heavy atom. The highest BCUT2D eigenvalue weighted by molar-refractivity contribution is 8.00. The number of carbonyl (C=O) groups is 7. The third-order valence-electron chi connectivity index (χ3n) is 13.0. The molecule has 65 heavy (non-hydrogen) atoms. The van der Waals surface area contributed by atoms with Crippen molar-refractivity contribution in [3.8, 4) is 5.75 Å². The number of fused-ring (bicyclic) bond motifs is 5. The molecule has 1 saturated carbocycles. The number of carbonyl (C=O) groups excluding carboxylic acids is 7. The van der Waals surface area contributed by atoms with Crippen LogP contribution in [0, 0.1) is 11.8 Å². The van der Waals surface area contributed by atoms with Crippen LogP contribution in [0.4, 0.5) is 10.5 Å². The number of amides is 4. The molecule has 0 radical (unpaired) electrons. The van der Waals surface area contributed by atoms with Crippen LogP contribution in [0.25, 0.3) is 0 Å². The van der Waals surface area contributed by atoms with Crippen LogP contribution in [0.1, 0.15) is 84.1 Å². The molecule has 1 aromatic carbocycles. The Balaban J connectivity index is 1.26. The lowest BCUT2D eigenvalue weighted by molar-refractivity contribution is -0.157. The minimum Gasteiger partial charge on any atom is -0.495 e. The molecule has 5 rings (SSSR count). The number of ether oxygens (including phenoxy) is 5. The quantitative estimate of drug-likeness (QED) is 0.132. The molecule has 18 heteroatoms. The number of allylic oxidation sites excluding steroid dienone is 3.